The third kappa shape index (κ3) is 2.80. The average molecular weight is 222 g/mol. The first kappa shape index (κ1) is 11.6. The molecule has 1 aliphatic heterocycles. The summed E-state index contributed by atoms with van der Waals surface area (Å²) in [7, 11) is 0. The molecule has 88 valence electrons. The molecule has 2 rings (SSSR count). The van der Waals surface area contributed by atoms with Crippen LogP contribution >= 0.6 is 0 Å². The summed E-state index contributed by atoms with van der Waals surface area (Å²) in [5.74, 6) is -0.163. The van der Waals surface area contributed by atoms with Crippen LogP contribution < -0.4 is 5.73 Å². The molecule has 0 saturated carbocycles. The minimum Gasteiger partial charge on any atom is -0.330 e. The van der Waals surface area contributed by atoms with Crippen LogP contribution in [0.2, 0.25) is 0 Å². The SMILES string of the molecule is NCC[C@H]1CCCN1Cc1ccc(F)cc1. The van der Waals surface area contributed by atoms with Gasteiger partial charge in [0.2, 0.25) is 0 Å². The minimum atomic E-state index is -0.163. The third-order valence-corrected chi connectivity index (χ3v) is 3.30. The van der Waals surface area contributed by atoms with Gasteiger partial charge in [-0.15, -0.1) is 0 Å². The predicted octanol–water partition coefficient (Wildman–Crippen LogP) is 2.14. The Morgan fingerprint density at radius 1 is 1.31 bits per heavy atom. The molecule has 0 aromatic heterocycles. The van der Waals surface area contributed by atoms with Crippen molar-refractivity contribution in [2.24, 2.45) is 5.73 Å². The number of benzene rings is 1. The lowest BCUT2D eigenvalue weighted by atomic mass is 10.1. The highest BCUT2D eigenvalue weighted by atomic mass is 19.1. The molecule has 2 nitrogen and oxygen atoms in total. The smallest absolute Gasteiger partial charge is 0.123 e. The number of hydrogen-bond acceptors (Lipinski definition) is 2. The zero-order valence-electron chi connectivity index (χ0n) is 9.53. The summed E-state index contributed by atoms with van der Waals surface area (Å²) in [6.45, 7) is 2.82. The summed E-state index contributed by atoms with van der Waals surface area (Å²) >= 11 is 0. The molecule has 1 aliphatic rings. The Morgan fingerprint density at radius 2 is 2.06 bits per heavy atom. The summed E-state index contributed by atoms with van der Waals surface area (Å²) in [5.41, 5.74) is 6.79. The maximum Gasteiger partial charge on any atom is 0.123 e. The molecule has 1 fully saturated rings. The second kappa shape index (κ2) is 5.41. The van der Waals surface area contributed by atoms with Crippen molar-refractivity contribution < 1.29 is 4.39 Å². The lowest BCUT2D eigenvalue weighted by Gasteiger charge is -2.24. The fourth-order valence-electron chi connectivity index (χ4n) is 2.45. The molecular formula is C13H19FN2. The molecule has 1 heterocycles. The van der Waals surface area contributed by atoms with E-state index in [1.54, 1.807) is 0 Å². The summed E-state index contributed by atoms with van der Waals surface area (Å²) in [6.07, 6.45) is 3.57. The molecule has 0 amide bonds. The lowest BCUT2D eigenvalue weighted by Crippen LogP contribution is -2.30. The van der Waals surface area contributed by atoms with Crippen LogP contribution in [0.4, 0.5) is 4.39 Å². The van der Waals surface area contributed by atoms with E-state index in [2.05, 4.69) is 4.90 Å². The van der Waals surface area contributed by atoms with Gasteiger partial charge in [-0.25, -0.2) is 4.39 Å². The van der Waals surface area contributed by atoms with Crippen LogP contribution in [-0.4, -0.2) is 24.0 Å². The molecule has 1 saturated heterocycles. The molecule has 0 spiro atoms. The first-order valence-electron chi connectivity index (χ1n) is 5.98. The van der Waals surface area contributed by atoms with Gasteiger partial charge in [0.25, 0.3) is 0 Å². The van der Waals surface area contributed by atoms with Gasteiger partial charge >= 0.3 is 0 Å². The fourth-order valence-corrected chi connectivity index (χ4v) is 2.45. The predicted molar refractivity (Wildman–Crippen MR) is 63.5 cm³/mol. The third-order valence-electron chi connectivity index (χ3n) is 3.30. The maximum absolute atomic E-state index is 12.8. The van der Waals surface area contributed by atoms with E-state index in [9.17, 15) is 4.39 Å². The molecule has 0 radical (unpaired) electrons. The molecule has 0 unspecified atom stereocenters. The monoisotopic (exact) mass is 222 g/mol. The normalized spacial score (nSPS) is 21.5. The van der Waals surface area contributed by atoms with Crippen molar-refractivity contribution in [2.75, 3.05) is 13.1 Å². The maximum atomic E-state index is 12.8. The number of nitrogens with two attached hydrogens (primary N) is 1. The van der Waals surface area contributed by atoms with Crippen LogP contribution in [0.25, 0.3) is 0 Å². The average Bonchev–Trinajstić information content (AvgIpc) is 2.70. The molecule has 0 bridgehead atoms. The van der Waals surface area contributed by atoms with E-state index in [1.165, 1.54) is 30.5 Å². The molecule has 2 N–H and O–H groups in total. The Hall–Kier alpha value is -0.930. The van der Waals surface area contributed by atoms with Gasteiger partial charge in [-0.1, -0.05) is 12.1 Å². The van der Waals surface area contributed by atoms with Crippen molar-refractivity contribution in [3.05, 3.63) is 35.6 Å². The molecule has 1 atom stereocenters. The first-order chi connectivity index (χ1) is 7.79. The molecule has 16 heavy (non-hydrogen) atoms. The van der Waals surface area contributed by atoms with Crippen molar-refractivity contribution in [3.63, 3.8) is 0 Å². The highest BCUT2D eigenvalue weighted by molar-refractivity contribution is 5.16. The largest absolute Gasteiger partial charge is 0.330 e. The second-order valence-corrected chi connectivity index (χ2v) is 4.47. The number of halogens is 1. The number of nitrogens with zero attached hydrogens (tertiary/aromatic N) is 1. The molecule has 0 aliphatic carbocycles. The van der Waals surface area contributed by atoms with Gasteiger partial charge in [-0.05, 0) is 50.0 Å². The van der Waals surface area contributed by atoms with Crippen molar-refractivity contribution in [1.29, 1.82) is 0 Å². The highest BCUT2D eigenvalue weighted by Gasteiger charge is 2.23. The topological polar surface area (TPSA) is 29.3 Å². The Kier molecular flexibility index (Phi) is 3.91. The molecule has 1 aromatic carbocycles. The quantitative estimate of drug-likeness (QED) is 0.845. The van der Waals surface area contributed by atoms with E-state index in [1.807, 2.05) is 12.1 Å². The first-order valence-corrected chi connectivity index (χ1v) is 5.98. The van der Waals surface area contributed by atoms with E-state index in [-0.39, 0.29) is 5.82 Å². The van der Waals surface area contributed by atoms with E-state index >= 15 is 0 Å². The molecule has 1 aromatic rings. The summed E-state index contributed by atoms with van der Waals surface area (Å²) in [6, 6.07) is 7.42. The Morgan fingerprint density at radius 3 is 2.75 bits per heavy atom. The zero-order chi connectivity index (χ0) is 11.4. The fraction of sp³-hybridized carbons (Fsp3) is 0.538. The lowest BCUT2D eigenvalue weighted by molar-refractivity contribution is 0.237. The van der Waals surface area contributed by atoms with Crippen LogP contribution in [0.1, 0.15) is 24.8 Å². The highest BCUT2D eigenvalue weighted by Crippen LogP contribution is 2.22. The van der Waals surface area contributed by atoms with Gasteiger partial charge in [0.05, 0.1) is 0 Å². The number of rotatable bonds is 4. The summed E-state index contributed by atoms with van der Waals surface area (Å²) in [4.78, 5) is 2.46. The van der Waals surface area contributed by atoms with Crippen LogP contribution in [0.15, 0.2) is 24.3 Å². The zero-order valence-corrected chi connectivity index (χ0v) is 9.53. The van der Waals surface area contributed by atoms with Crippen molar-refractivity contribution in [1.82, 2.24) is 4.90 Å². The van der Waals surface area contributed by atoms with Crippen LogP contribution in [0.3, 0.4) is 0 Å². The van der Waals surface area contributed by atoms with Gasteiger partial charge in [-0.2, -0.15) is 0 Å². The summed E-state index contributed by atoms with van der Waals surface area (Å²) in [5, 5.41) is 0. The van der Waals surface area contributed by atoms with Gasteiger partial charge < -0.3 is 5.73 Å². The van der Waals surface area contributed by atoms with E-state index in [0.29, 0.717) is 6.04 Å². The van der Waals surface area contributed by atoms with E-state index < -0.39 is 0 Å². The molecule has 3 heteroatoms. The van der Waals surface area contributed by atoms with Gasteiger partial charge in [-0.3, -0.25) is 4.90 Å². The molecular weight excluding hydrogens is 203 g/mol. The number of likely N-dealkylation sites (tertiary alicyclic amines) is 1. The Labute approximate surface area is 96.2 Å². The van der Waals surface area contributed by atoms with Crippen molar-refractivity contribution in [2.45, 2.75) is 31.8 Å². The second-order valence-electron chi connectivity index (χ2n) is 4.47. The van der Waals surface area contributed by atoms with Gasteiger partial charge in [0.15, 0.2) is 0 Å². The number of hydrogen-bond donors (Lipinski definition) is 1. The summed E-state index contributed by atoms with van der Waals surface area (Å²) < 4.78 is 12.8. The van der Waals surface area contributed by atoms with Crippen LogP contribution in [0.5, 0.6) is 0 Å². The van der Waals surface area contributed by atoms with Crippen molar-refractivity contribution >= 4 is 0 Å². The van der Waals surface area contributed by atoms with Gasteiger partial charge in [0.1, 0.15) is 5.82 Å². The van der Waals surface area contributed by atoms with Crippen LogP contribution in [-0.2, 0) is 6.54 Å². The Balaban J connectivity index is 1.95. The van der Waals surface area contributed by atoms with Crippen molar-refractivity contribution in [3.8, 4) is 0 Å². The van der Waals surface area contributed by atoms with E-state index in [0.717, 1.165) is 26.1 Å². The Bertz CT molecular complexity index is 323. The van der Waals surface area contributed by atoms with E-state index in [4.69, 9.17) is 5.73 Å². The standard InChI is InChI=1S/C13H19FN2/c14-12-5-3-11(4-6-12)10-16-9-1-2-13(16)7-8-15/h3-6,13H,1-2,7-10,15H2/t13-/m1/s1. The van der Waals surface area contributed by atoms with Crippen LogP contribution in [0, 0.1) is 5.82 Å². The van der Waals surface area contributed by atoms with Gasteiger partial charge in [0, 0.05) is 12.6 Å². The minimum absolute atomic E-state index is 0.163.